The van der Waals surface area contributed by atoms with Gasteiger partial charge in [0.1, 0.15) is 5.16 Å². The molecule has 2 nitrogen and oxygen atoms in total. The minimum atomic E-state index is 0.544. The Labute approximate surface area is 58.5 Å². The summed E-state index contributed by atoms with van der Waals surface area (Å²) in [7, 11) is 1.55. The Bertz CT molecular complexity index is 201. The standard InChI is InChI=1S/C6H6ClNO/c1-9-6-4-2-3-5(7)8-6/h2-3,8H,1H3. The summed E-state index contributed by atoms with van der Waals surface area (Å²) >= 11 is 5.57. The molecule has 1 rings (SSSR count). The molecule has 0 saturated carbocycles. The molecular formula is C6H6ClNO. The second-order valence-electron chi connectivity index (χ2n) is 1.48. The largest absolute Gasteiger partial charge is 0.476 e. The van der Waals surface area contributed by atoms with Crippen LogP contribution in [-0.4, -0.2) is 7.11 Å². The first-order valence-corrected chi connectivity index (χ1v) is 2.84. The Hall–Kier alpha value is -0.850. The fourth-order valence-electron chi connectivity index (χ4n) is 0.487. The molecule has 0 aliphatic carbocycles. The maximum absolute atomic E-state index is 5.57. The van der Waals surface area contributed by atoms with Crippen molar-refractivity contribution in [2.45, 2.75) is 0 Å². The van der Waals surface area contributed by atoms with Gasteiger partial charge in [-0.2, -0.15) is 0 Å². The quantitative estimate of drug-likeness (QED) is 0.442. The van der Waals surface area contributed by atoms with E-state index in [2.05, 4.69) is 11.0 Å². The Morgan fingerprint density at radius 3 is 3.00 bits per heavy atom. The van der Waals surface area contributed by atoms with Crippen molar-refractivity contribution >= 4 is 11.6 Å². The summed E-state index contributed by atoms with van der Waals surface area (Å²) in [5.41, 5.74) is 2.80. The molecule has 0 spiro atoms. The molecule has 48 valence electrons. The van der Waals surface area contributed by atoms with E-state index in [0.717, 1.165) is 0 Å². The molecule has 3 heteroatoms. The summed E-state index contributed by atoms with van der Waals surface area (Å²) < 4.78 is 4.80. The van der Waals surface area contributed by atoms with Crippen LogP contribution in [0.15, 0.2) is 28.9 Å². The lowest BCUT2D eigenvalue weighted by Crippen LogP contribution is -2.11. The average Bonchev–Trinajstić information content (AvgIpc) is 1.88. The smallest absolute Gasteiger partial charge is 0.238 e. The number of hydrogen-bond donors (Lipinski definition) is 1. The monoisotopic (exact) mass is 143 g/mol. The summed E-state index contributed by atoms with van der Waals surface area (Å²) in [5, 5.41) is 3.29. The van der Waals surface area contributed by atoms with Crippen molar-refractivity contribution in [3.8, 4) is 0 Å². The molecule has 0 unspecified atom stereocenters. The molecule has 1 N–H and O–H groups in total. The van der Waals surface area contributed by atoms with Gasteiger partial charge < -0.3 is 10.1 Å². The van der Waals surface area contributed by atoms with Gasteiger partial charge in [0.2, 0.25) is 5.88 Å². The van der Waals surface area contributed by atoms with Gasteiger partial charge in [-0.05, 0) is 12.2 Å². The van der Waals surface area contributed by atoms with Gasteiger partial charge in [-0.1, -0.05) is 17.3 Å². The Kier molecular flexibility index (Phi) is 1.83. The van der Waals surface area contributed by atoms with Crippen LogP contribution >= 0.6 is 11.6 Å². The van der Waals surface area contributed by atoms with Gasteiger partial charge in [-0.3, -0.25) is 0 Å². The third kappa shape index (κ3) is 1.53. The zero-order valence-electron chi connectivity index (χ0n) is 4.94. The number of allylic oxidation sites excluding steroid dienone is 2. The van der Waals surface area contributed by atoms with Crippen molar-refractivity contribution in [2.24, 2.45) is 0 Å². The second kappa shape index (κ2) is 2.62. The van der Waals surface area contributed by atoms with E-state index in [9.17, 15) is 0 Å². The topological polar surface area (TPSA) is 21.3 Å². The predicted molar refractivity (Wildman–Crippen MR) is 35.7 cm³/mol. The molecule has 9 heavy (non-hydrogen) atoms. The Balaban J connectivity index is 2.73. The van der Waals surface area contributed by atoms with Crippen LogP contribution in [0.4, 0.5) is 0 Å². The van der Waals surface area contributed by atoms with Gasteiger partial charge in [-0.25, -0.2) is 0 Å². The van der Waals surface area contributed by atoms with E-state index in [0.29, 0.717) is 11.0 Å². The molecular weight excluding hydrogens is 138 g/mol. The van der Waals surface area contributed by atoms with Crippen LogP contribution in [0.1, 0.15) is 0 Å². The second-order valence-corrected chi connectivity index (χ2v) is 1.89. The fraction of sp³-hybridized carbons (Fsp3) is 0.167. The Morgan fingerprint density at radius 1 is 1.78 bits per heavy atom. The summed E-state index contributed by atoms with van der Waals surface area (Å²) in [6.07, 6.45) is 3.39. The maximum Gasteiger partial charge on any atom is 0.238 e. The molecule has 0 aromatic carbocycles. The highest BCUT2D eigenvalue weighted by molar-refractivity contribution is 6.29. The number of nitrogens with one attached hydrogen (secondary N) is 1. The summed E-state index contributed by atoms with van der Waals surface area (Å²) in [6, 6.07) is 0. The highest BCUT2D eigenvalue weighted by Gasteiger charge is 1.97. The van der Waals surface area contributed by atoms with Crippen LogP contribution in [0.3, 0.4) is 0 Å². The van der Waals surface area contributed by atoms with E-state index < -0.39 is 0 Å². The van der Waals surface area contributed by atoms with Gasteiger partial charge in [0.05, 0.1) is 7.11 Å². The van der Waals surface area contributed by atoms with Crippen LogP contribution in [-0.2, 0) is 4.74 Å². The zero-order valence-corrected chi connectivity index (χ0v) is 5.70. The highest BCUT2D eigenvalue weighted by Crippen LogP contribution is 2.04. The number of rotatable bonds is 1. The van der Waals surface area contributed by atoms with E-state index in [1.54, 1.807) is 19.3 Å². The Morgan fingerprint density at radius 2 is 2.56 bits per heavy atom. The molecule has 0 radical (unpaired) electrons. The van der Waals surface area contributed by atoms with E-state index >= 15 is 0 Å². The first-order valence-electron chi connectivity index (χ1n) is 2.46. The first kappa shape index (κ1) is 6.27. The van der Waals surface area contributed by atoms with Gasteiger partial charge in [0.15, 0.2) is 0 Å². The SMILES string of the molecule is COC1=C=CC=C(Cl)N1. The normalized spacial score (nSPS) is 15.8. The summed E-state index contributed by atoms with van der Waals surface area (Å²) in [5.74, 6) is 0.544. The molecule has 1 aliphatic heterocycles. The van der Waals surface area contributed by atoms with Crippen LogP contribution in [0.2, 0.25) is 0 Å². The van der Waals surface area contributed by atoms with E-state index in [-0.39, 0.29) is 0 Å². The van der Waals surface area contributed by atoms with Gasteiger partial charge in [0, 0.05) is 0 Å². The third-order valence-electron chi connectivity index (χ3n) is 0.881. The van der Waals surface area contributed by atoms with E-state index in [4.69, 9.17) is 16.3 Å². The van der Waals surface area contributed by atoms with Gasteiger partial charge >= 0.3 is 0 Å². The van der Waals surface area contributed by atoms with Gasteiger partial charge in [0.25, 0.3) is 0 Å². The van der Waals surface area contributed by atoms with Crippen LogP contribution in [0, 0.1) is 0 Å². The molecule has 0 saturated heterocycles. The van der Waals surface area contributed by atoms with Crippen molar-refractivity contribution in [1.29, 1.82) is 0 Å². The lowest BCUT2D eigenvalue weighted by molar-refractivity contribution is 0.271. The minimum Gasteiger partial charge on any atom is -0.476 e. The number of methoxy groups -OCH3 is 1. The van der Waals surface area contributed by atoms with Crippen LogP contribution in [0.5, 0.6) is 0 Å². The average molecular weight is 144 g/mol. The third-order valence-corrected chi connectivity index (χ3v) is 1.10. The zero-order chi connectivity index (χ0) is 6.69. The number of hydrogen-bond acceptors (Lipinski definition) is 2. The van der Waals surface area contributed by atoms with E-state index in [1.165, 1.54) is 0 Å². The number of ether oxygens (including phenoxy) is 1. The first-order chi connectivity index (χ1) is 4.33. The van der Waals surface area contributed by atoms with Gasteiger partial charge in [-0.15, -0.1) is 0 Å². The summed E-state index contributed by atoms with van der Waals surface area (Å²) in [4.78, 5) is 0. The van der Waals surface area contributed by atoms with Crippen LogP contribution in [0.25, 0.3) is 0 Å². The maximum atomic E-state index is 5.57. The molecule has 0 atom stereocenters. The molecule has 0 bridgehead atoms. The molecule has 1 aliphatic rings. The minimum absolute atomic E-state index is 0.544. The highest BCUT2D eigenvalue weighted by atomic mass is 35.5. The van der Waals surface area contributed by atoms with Crippen molar-refractivity contribution in [3.05, 3.63) is 28.9 Å². The molecule has 0 aromatic rings. The van der Waals surface area contributed by atoms with Crippen molar-refractivity contribution in [3.63, 3.8) is 0 Å². The van der Waals surface area contributed by atoms with Crippen molar-refractivity contribution < 1.29 is 4.74 Å². The van der Waals surface area contributed by atoms with E-state index in [1.807, 2.05) is 0 Å². The molecule has 0 amide bonds. The molecule has 0 fully saturated rings. The van der Waals surface area contributed by atoms with Crippen molar-refractivity contribution in [2.75, 3.05) is 7.11 Å². The molecule has 1 heterocycles. The predicted octanol–water partition coefficient (Wildman–Crippen LogP) is 1.31. The fourth-order valence-corrected chi connectivity index (χ4v) is 0.635. The van der Waals surface area contributed by atoms with Crippen molar-refractivity contribution in [1.82, 2.24) is 5.32 Å². The summed E-state index contributed by atoms with van der Waals surface area (Å²) in [6.45, 7) is 0. The van der Waals surface area contributed by atoms with Crippen LogP contribution < -0.4 is 5.32 Å². The lowest BCUT2D eigenvalue weighted by Gasteiger charge is -2.06. The lowest BCUT2D eigenvalue weighted by atomic mass is 10.5. The number of halogens is 1. The molecule has 0 aromatic heterocycles.